The summed E-state index contributed by atoms with van der Waals surface area (Å²) in [5, 5.41) is 0. The van der Waals surface area contributed by atoms with Crippen LogP contribution in [0.5, 0.6) is 5.75 Å². The van der Waals surface area contributed by atoms with Gasteiger partial charge in [0, 0.05) is 12.1 Å². The Hall–Kier alpha value is -3.08. The third kappa shape index (κ3) is 4.11. The van der Waals surface area contributed by atoms with Gasteiger partial charge in [0.25, 0.3) is 0 Å². The number of ketones is 1. The normalized spacial score (nSPS) is 13.7. The van der Waals surface area contributed by atoms with Crippen LogP contribution in [0.2, 0.25) is 0 Å². The molecule has 0 aromatic heterocycles. The fourth-order valence-corrected chi connectivity index (χ4v) is 2.81. The number of benzene rings is 2. The van der Waals surface area contributed by atoms with E-state index in [1.165, 1.54) is 4.90 Å². The monoisotopic (exact) mass is 351 g/mol. The summed E-state index contributed by atoms with van der Waals surface area (Å²) >= 11 is 0. The zero-order valence-corrected chi connectivity index (χ0v) is 14.7. The molecule has 0 aliphatic carbocycles. The molecule has 2 aromatic carbocycles. The van der Waals surface area contributed by atoms with Gasteiger partial charge in [0.1, 0.15) is 12.4 Å². The molecule has 0 N–H and O–H groups in total. The second kappa shape index (κ2) is 8.34. The molecule has 0 saturated carbocycles. The van der Waals surface area contributed by atoms with E-state index in [1.54, 1.807) is 37.5 Å². The second-order valence-corrected chi connectivity index (χ2v) is 5.98. The lowest BCUT2D eigenvalue weighted by Crippen LogP contribution is -2.37. The molecule has 0 spiro atoms. The van der Waals surface area contributed by atoms with Crippen molar-refractivity contribution in [3.8, 4) is 5.75 Å². The Labute approximate surface area is 152 Å². The molecule has 2 aromatic rings. The van der Waals surface area contributed by atoms with Gasteiger partial charge >= 0.3 is 6.09 Å². The summed E-state index contributed by atoms with van der Waals surface area (Å²) in [7, 11) is 1.57. The van der Waals surface area contributed by atoms with Crippen molar-refractivity contribution in [2.24, 2.45) is 0 Å². The molecule has 0 fully saturated rings. The van der Waals surface area contributed by atoms with Crippen molar-refractivity contribution < 1.29 is 19.1 Å². The van der Waals surface area contributed by atoms with E-state index in [4.69, 9.17) is 9.47 Å². The zero-order valence-electron chi connectivity index (χ0n) is 14.7. The van der Waals surface area contributed by atoms with Crippen molar-refractivity contribution in [1.29, 1.82) is 0 Å². The zero-order chi connectivity index (χ0) is 18.4. The SMILES string of the molecule is COc1ccc(C(=O)C2=CCCCN2C(=O)OCc2ccccc2)cc1. The van der Waals surface area contributed by atoms with Crippen molar-refractivity contribution in [2.75, 3.05) is 13.7 Å². The maximum absolute atomic E-state index is 12.8. The number of carbonyl (C=O) groups is 2. The number of Topliss-reactive ketones (excluding diaryl/α,β-unsaturated/α-hetero) is 1. The van der Waals surface area contributed by atoms with Crippen LogP contribution in [0.15, 0.2) is 66.4 Å². The van der Waals surface area contributed by atoms with Crippen LogP contribution in [-0.4, -0.2) is 30.4 Å². The van der Waals surface area contributed by atoms with Crippen molar-refractivity contribution in [1.82, 2.24) is 4.90 Å². The highest BCUT2D eigenvalue weighted by atomic mass is 16.6. The van der Waals surface area contributed by atoms with Gasteiger partial charge in [0.2, 0.25) is 5.78 Å². The van der Waals surface area contributed by atoms with E-state index in [1.807, 2.05) is 30.3 Å². The largest absolute Gasteiger partial charge is 0.497 e. The Morgan fingerprint density at radius 2 is 1.77 bits per heavy atom. The van der Waals surface area contributed by atoms with E-state index < -0.39 is 6.09 Å². The summed E-state index contributed by atoms with van der Waals surface area (Å²) in [5.74, 6) is 0.488. The van der Waals surface area contributed by atoms with E-state index in [0.717, 1.165) is 18.4 Å². The first-order valence-corrected chi connectivity index (χ1v) is 8.56. The third-order valence-electron chi connectivity index (χ3n) is 4.22. The minimum absolute atomic E-state index is 0.181. The van der Waals surface area contributed by atoms with Crippen LogP contribution in [0.25, 0.3) is 0 Å². The first-order valence-electron chi connectivity index (χ1n) is 8.56. The summed E-state index contributed by atoms with van der Waals surface area (Å²) in [6.45, 7) is 0.654. The molecule has 0 bridgehead atoms. The van der Waals surface area contributed by atoms with Crippen molar-refractivity contribution >= 4 is 11.9 Å². The Morgan fingerprint density at radius 3 is 2.46 bits per heavy atom. The molecular formula is C21H21NO4. The van der Waals surface area contributed by atoms with Gasteiger partial charge in [0.05, 0.1) is 12.8 Å². The predicted molar refractivity (Wildman–Crippen MR) is 98.0 cm³/mol. The van der Waals surface area contributed by atoms with Gasteiger partial charge in [-0.05, 0) is 42.7 Å². The maximum Gasteiger partial charge on any atom is 0.414 e. The van der Waals surface area contributed by atoms with Crippen LogP contribution in [-0.2, 0) is 11.3 Å². The van der Waals surface area contributed by atoms with E-state index in [0.29, 0.717) is 23.6 Å². The van der Waals surface area contributed by atoms with Crippen molar-refractivity contribution in [2.45, 2.75) is 19.4 Å². The fourth-order valence-electron chi connectivity index (χ4n) is 2.81. The third-order valence-corrected chi connectivity index (χ3v) is 4.22. The number of ether oxygens (including phenoxy) is 2. The van der Waals surface area contributed by atoms with Crippen LogP contribution in [0, 0.1) is 0 Å². The number of carbonyl (C=O) groups excluding carboxylic acids is 2. The average molecular weight is 351 g/mol. The Bertz CT molecular complexity index is 797. The molecule has 5 nitrogen and oxygen atoms in total. The van der Waals surface area contributed by atoms with Gasteiger partial charge in [-0.25, -0.2) is 4.79 Å². The second-order valence-electron chi connectivity index (χ2n) is 5.98. The molecule has 5 heteroatoms. The van der Waals surface area contributed by atoms with E-state index in [-0.39, 0.29) is 12.4 Å². The number of allylic oxidation sites excluding steroid dienone is 2. The minimum Gasteiger partial charge on any atom is -0.497 e. The van der Waals surface area contributed by atoms with E-state index >= 15 is 0 Å². The van der Waals surface area contributed by atoms with Crippen LogP contribution >= 0.6 is 0 Å². The quantitative estimate of drug-likeness (QED) is 0.758. The summed E-state index contributed by atoms with van der Waals surface area (Å²) in [6.07, 6.45) is 2.88. The number of methoxy groups -OCH3 is 1. The van der Waals surface area contributed by atoms with E-state index in [2.05, 4.69) is 0 Å². The summed E-state index contributed by atoms with van der Waals surface area (Å²) in [4.78, 5) is 26.8. The topological polar surface area (TPSA) is 55.8 Å². The average Bonchev–Trinajstić information content (AvgIpc) is 2.72. The first-order chi connectivity index (χ1) is 12.7. The van der Waals surface area contributed by atoms with Crippen LogP contribution in [0.3, 0.4) is 0 Å². The van der Waals surface area contributed by atoms with Gasteiger partial charge < -0.3 is 9.47 Å². The smallest absolute Gasteiger partial charge is 0.414 e. The molecule has 3 rings (SSSR count). The molecule has 0 atom stereocenters. The predicted octanol–water partition coefficient (Wildman–Crippen LogP) is 4.19. The molecule has 1 heterocycles. The van der Waals surface area contributed by atoms with E-state index in [9.17, 15) is 9.59 Å². The lowest BCUT2D eigenvalue weighted by molar-refractivity contribution is 0.0885. The molecule has 134 valence electrons. The number of nitrogens with zero attached hydrogens (tertiary/aromatic N) is 1. The molecular weight excluding hydrogens is 330 g/mol. The molecule has 0 unspecified atom stereocenters. The summed E-state index contributed by atoms with van der Waals surface area (Å²) < 4.78 is 10.5. The van der Waals surface area contributed by atoms with Gasteiger partial charge in [-0.2, -0.15) is 0 Å². The number of amides is 1. The molecule has 0 saturated heterocycles. The van der Waals surface area contributed by atoms with Gasteiger partial charge in [-0.3, -0.25) is 9.69 Å². The highest BCUT2D eigenvalue weighted by Gasteiger charge is 2.27. The van der Waals surface area contributed by atoms with Crippen LogP contribution in [0.4, 0.5) is 4.79 Å². The highest BCUT2D eigenvalue weighted by molar-refractivity contribution is 6.10. The Morgan fingerprint density at radius 1 is 1.04 bits per heavy atom. The molecule has 0 radical (unpaired) electrons. The summed E-state index contributed by atoms with van der Waals surface area (Å²) in [6, 6.07) is 16.3. The lowest BCUT2D eigenvalue weighted by atomic mass is 10.0. The number of hydrogen-bond donors (Lipinski definition) is 0. The molecule has 1 amide bonds. The Kier molecular flexibility index (Phi) is 5.69. The van der Waals surface area contributed by atoms with Crippen LogP contribution in [0.1, 0.15) is 28.8 Å². The van der Waals surface area contributed by atoms with Crippen LogP contribution < -0.4 is 4.74 Å². The highest BCUT2D eigenvalue weighted by Crippen LogP contribution is 2.22. The molecule has 1 aliphatic heterocycles. The van der Waals surface area contributed by atoms with Crippen molar-refractivity contribution in [3.63, 3.8) is 0 Å². The van der Waals surface area contributed by atoms with Crippen molar-refractivity contribution in [3.05, 3.63) is 77.5 Å². The number of hydrogen-bond acceptors (Lipinski definition) is 4. The van der Waals surface area contributed by atoms with Gasteiger partial charge in [0.15, 0.2) is 0 Å². The minimum atomic E-state index is -0.498. The van der Waals surface area contributed by atoms with Gasteiger partial charge in [-0.1, -0.05) is 36.4 Å². The Balaban J connectivity index is 1.71. The first kappa shape index (κ1) is 17.7. The van der Waals surface area contributed by atoms with Gasteiger partial charge in [-0.15, -0.1) is 0 Å². The fraction of sp³-hybridized carbons (Fsp3) is 0.238. The standard InChI is InChI=1S/C21H21NO4/c1-25-18-12-10-17(11-13-18)20(23)19-9-5-6-14-22(19)21(24)26-15-16-7-3-2-4-8-16/h2-4,7-13H,5-6,14-15H2,1H3. The lowest BCUT2D eigenvalue weighted by Gasteiger charge is -2.27. The number of rotatable bonds is 5. The maximum atomic E-state index is 12.8. The summed E-state index contributed by atoms with van der Waals surface area (Å²) in [5.41, 5.74) is 1.80. The molecule has 26 heavy (non-hydrogen) atoms. The molecule has 1 aliphatic rings.